The predicted molar refractivity (Wildman–Crippen MR) is 83.6 cm³/mol. The topological polar surface area (TPSA) is 15.3 Å². The lowest BCUT2D eigenvalue weighted by molar-refractivity contribution is 0.176. The van der Waals surface area contributed by atoms with Gasteiger partial charge in [0.15, 0.2) is 5.82 Å². The third kappa shape index (κ3) is 3.94. The van der Waals surface area contributed by atoms with Gasteiger partial charge < -0.3 is 10.2 Å². The zero-order chi connectivity index (χ0) is 15.4. The van der Waals surface area contributed by atoms with Crippen molar-refractivity contribution in [2.75, 3.05) is 25.0 Å². The van der Waals surface area contributed by atoms with Gasteiger partial charge in [0.25, 0.3) is 0 Å². The van der Waals surface area contributed by atoms with E-state index < -0.39 is 11.6 Å². The Hall–Kier alpha value is -1.16. The van der Waals surface area contributed by atoms with Crippen LogP contribution in [0.5, 0.6) is 0 Å². The van der Waals surface area contributed by atoms with E-state index in [2.05, 4.69) is 17.1 Å². The van der Waals surface area contributed by atoms with Crippen molar-refractivity contribution >= 4 is 5.69 Å². The molecule has 1 unspecified atom stereocenters. The van der Waals surface area contributed by atoms with E-state index in [1.807, 2.05) is 6.92 Å². The van der Waals surface area contributed by atoms with E-state index in [4.69, 9.17) is 0 Å². The normalized spacial score (nSPS) is 18.7. The molecule has 2 nitrogen and oxygen atoms in total. The van der Waals surface area contributed by atoms with Crippen molar-refractivity contribution in [1.82, 2.24) is 4.90 Å². The summed E-state index contributed by atoms with van der Waals surface area (Å²) >= 11 is 0. The molecular formula is C17H26F2N2. The second kappa shape index (κ2) is 7.21. The molecule has 4 heteroatoms. The molecule has 0 radical (unpaired) electrons. The van der Waals surface area contributed by atoms with Crippen LogP contribution in [-0.2, 0) is 0 Å². The van der Waals surface area contributed by atoms with Crippen LogP contribution in [0.15, 0.2) is 12.1 Å². The van der Waals surface area contributed by atoms with E-state index in [1.54, 1.807) is 6.92 Å². The molecule has 0 amide bonds. The summed E-state index contributed by atoms with van der Waals surface area (Å²) in [5, 5.41) is 3.07. The smallest absolute Gasteiger partial charge is 0.152 e. The first-order chi connectivity index (χ1) is 10.0. The number of nitrogens with zero attached hydrogens (tertiary/aromatic N) is 1. The number of nitrogens with one attached hydrogen (secondary N) is 1. The standard InChI is InChI=1S/C17H26F2N2/c1-4-9-21-10-7-14(8-11-21)13(3)20-17-15(18)6-5-12(2)16(17)19/h5-6,13-14,20H,4,7-11H2,1-3H3. The van der Waals surface area contributed by atoms with Crippen molar-refractivity contribution in [2.45, 2.75) is 46.1 Å². The highest BCUT2D eigenvalue weighted by molar-refractivity contribution is 5.49. The molecule has 1 saturated heterocycles. The third-order valence-electron chi connectivity index (χ3n) is 4.54. The zero-order valence-corrected chi connectivity index (χ0v) is 13.3. The average molecular weight is 296 g/mol. The Morgan fingerprint density at radius 1 is 1.29 bits per heavy atom. The van der Waals surface area contributed by atoms with Gasteiger partial charge in [0.1, 0.15) is 11.5 Å². The summed E-state index contributed by atoms with van der Waals surface area (Å²) in [6, 6.07) is 2.89. The summed E-state index contributed by atoms with van der Waals surface area (Å²) in [7, 11) is 0. The van der Waals surface area contributed by atoms with Gasteiger partial charge in [0.2, 0.25) is 0 Å². The molecule has 1 aliphatic rings. The Bertz CT molecular complexity index is 468. The summed E-state index contributed by atoms with van der Waals surface area (Å²) in [5.74, 6) is -0.504. The van der Waals surface area contributed by atoms with Crippen LogP contribution in [0.1, 0.15) is 38.7 Å². The van der Waals surface area contributed by atoms with Crippen LogP contribution >= 0.6 is 0 Å². The van der Waals surface area contributed by atoms with Gasteiger partial charge >= 0.3 is 0 Å². The van der Waals surface area contributed by atoms with Crippen LogP contribution in [0, 0.1) is 24.5 Å². The maximum absolute atomic E-state index is 14.0. The van der Waals surface area contributed by atoms with Crippen LogP contribution in [-0.4, -0.2) is 30.6 Å². The minimum Gasteiger partial charge on any atom is -0.378 e. The fourth-order valence-corrected chi connectivity index (χ4v) is 3.13. The number of piperidine rings is 1. The highest BCUT2D eigenvalue weighted by Gasteiger charge is 2.25. The first-order valence-corrected chi connectivity index (χ1v) is 7.96. The molecule has 1 heterocycles. The van der Waals surface area contributed by atoms with Crippen LogP contribution in [0.3, 0.4) is 0 Å². The van der Waals surface area contributed by atoms with Crippen molar-refractivity contribution < 1.29 is 8.78 Å². The van der Waals surface area contributed by atoms with Crippen molar-refractivity contribution in [3.8, 4) is 0 Å². The molecule has 0 saturated carbocycles. The summed E-state index contributed by atoms with van der Waals surface area (Å²) in [6.07, 6.45) is 3.35. The molecule has 0 spiro atoms. The second-order valence-corrected chi connectivity index (χ2v) is 6.17. The van der Waals surface area contributed by atoms with Crippen LogP contribution in [0.4, 0.5) is 14.5 Å². The summed E-state index contributed by atoms with van der Waals surface area (Å²) < 4.78 is 27.9. The van der Waals surface area contributed by atoms with Gasteiger partial charge in [-0.05, 0) is 70.3 Å². The maximum atomic E-state index is 14.0. The molecule has 2 rings (SSSR count). The predicted octanol–water partition coefficient (Wildman–Crippen LogP) is 4.20. The molecule has 1 atom stereocenters. The first kappa shape index (κ1) is 16.2. The van der Waals surface area contributed by atoms with Gasteiger partial charge in [-0.2, -0.15) is 0 Å². The van der Waals surface area contributed by atoms with Crippen molar-refractivity contribution in [1.29, 1.82) is 0 Å². The molecule has 0 bridgehead atoms. The molecule has 1 aliphatic heterocycles. The number of anilines is 1. The number of hydrogen-bond acceptors (Lipinski definition) is 2. The molecule has 0 aliphatic carbocycles. The van der Waals surface area contributed by atoms with Gasteiger partial charge in [-0.15, -0.1) is 0 Å². The second-order valence-electron chi connectivity index (χ2n) is 6.17. The lowest BCUT2D eigenvalue weighted by Crippen LogP contribution is -2.39. The monoisotopic (exact) mass is 296 g/mol. The number of rotatable bonds is 5. The van der Waals surface area contributed by atoms with Crippen LogP contribution in [0.2, 0.25) is 0 Å². The molecule has 1 N–H and O–H groups in total. The molecule has 118 valence electrons. The van der Waals surface area contributed by atoms with Gasteiger partial charge in [-0.1, -0.05) is 13.0 Å². The number of benzene rings is 1. The van der Waals surface area contributed by atoms with Crippen LogP contribution < -0.4 is 5.32 Å². The fourth-order valence-electron chi connectivity index (χ4n) is 3.13. The summed E-state index contributed by atoms with van der Waals surface area (Å²) in [6.45, 7) is 9.21. The van der Waals surface area contributed by atoms with E-state index in [1.165, 1.54) is 18.6 Å². The largest absolute Gasteiger partial charge is 0.378 e. The Balaban J connectivity index is 1.97. The van der Waals surface area contributed by atoms with Crippen molar-refractivity contribution in [2.24, 2.45) is 5.92 Å². The highest BCUT2D eigenvalue weighted by Crippen LogP contribution is 2.27. The Morgan fingerprint density at radius 3 is 2.57 bits per heavy atom. The number of aryl methyl sites for hydroxylation is 1. The summed E-state index contributed by atoms with van der Waals surface area (Å²) in [5.41, 5.74) is 0.502. The SMILES string of the molecule is CCCN1CCC(C(C)Nc2c(F)ccc(C)c2F)CC1. The third-order valence-corrected chi connectivity index (χ3v) is 4.54. The van der Waals surface area contributed by atoms with E-state index in [0.29, 0.717) is 11.5 Å². The molecule has 1 aromatic rings. The maximum Gasteiger partial charge on any atom is 0.152 e. The van der Waals surface area contributed by atoms with Crippen molar-refractivity contribution in [3.05, 3.63) is 29.3 Å². The van der Waals surface area contributed by atoms with E-state index in [-0.39, 0.29) is 11.7 Å². The lowest BCUT2D eigenvalue weighted by Gasteiger charge is -2.35. The minimum atomic E-state index is -0.506. The minimum absolute atomic E-state index is 0.0264. The molecule has 1 fully saturated rings. The highest BCUT2D eigenvalue weighted by atomic mass is 19.1. The van der Waals surface area contributed by atoms with Crippen LogP contribution in [0.25, 0.3) is 0 Å². The van der Waals surface area contributed by atoms with E-state index in [9.17, 15) is 8.78 Å². The Kier molecular flexibility index (Phi) is 5.57. The lowest BCUT2D eigenvalue weighted by atomic mass is 9.90. The van der Waals surface area contributed by atoms with Gasteiger partial charge in [-0.3, -0.25) is 0 Å². The fraction of sp³-hybridized carbons (Fsp3) is 0.647. The Morgan fingerprint density at radius 2 is 1.95 bits per heavy atom. The van der Waals surface area contributed by atoms with Gasteiger partial charge in [-0.25, -0.2) is 8.78 Å². The molecule has 0 aromatic heterocycles. The van der Waals surface area contributed by atoms with E-state index >= 15 is 0 Å². The van der Waals surface area contributed by atoms with Crippen molar-refractivity contribution in [3.63, 3.8) is 0 Å². The quantitative estimate of drug-likeness (QED) is 0.876. The van der Waals surface area contributed by atoms with Gasteiger partial charge in [0.05, 0.1) is 0 Å². The number of hydrogen-bond donors (Lipinski definition) is 1. The number of likely N-dealkylation sites (tertiary alicyclic amines) is 1. The van der Waals surface area contributed by atoms with Gasteiger partial charge in [0, 0.05) is 6.04 Å². The first-order valence-electron chi connectivity index (χ1n) is 7.96. The van der Waals surface area contributed by atoms with E-state index in [0.717, 1.165) is 32.5 Å². The Labute approximate surface area is 126 Å². The zero-order valence-electron chi connectivity index (χ0n) is 13.3. The molecule has 21 heavy (non-hydrogen) atoms. The molecule has 1 aromatic carbocycles. The average Bonchev–Trinajstić information content (AvgIpc) is 2.48. The number of halogens is 2. The molecular weight excluding hydrogens is 270 g/mol. The summed E-state index contributed by atoms with van der Waals surface area (Å²) in [4.78, 5) is 2.47.